The van der Waals surface area contributed by atoms with Gasteiger partial charge in [-0.1, -0.05) is 30.3 Å². The lowest BCUT2D eigenvalue weighted by atomic mass is 9.88. The summed E-state index contributed by atoms with van der Waals surface area (Å²) in [6, 6.07) is 9.23. The highest BCUT2D eigenvalue weighted by Gasteiger charge is 2.50. The van der Waals surface area contributed by atoms with Gasteiger partial charge in [0.25, 0.3) is 0 Å². The van der Waals surface area contributed by atoms with Crippen molar-refractivity contribution >= 4 is 5.97 Å². The van der Waals surface area contributed by atoms with Gasteiger partial charge in [0, 0.05) is 0 Å². The summed E-state index contributed by atoms with van der Waals surface area (Å²) >= 11 is 0. The molecule has 2 aliphatic heterocycles. The summed E-state index contributed by atoms with van der Waals surface area (Å²) in [5, 5.41) is 20.0. The van der Waals surface area contributed by atoms with Crippen LogP contribution in [0.5, 0.6) is 0 Å². The molecule has 0 aromatic heterocycles. The Morgan fingerprint density at radius 2 is 1.83 bits per heavy atom. The molecule has 0 amide bonds. The zero-order valence-corrected chi connectivity index (χ0v) is 9.60. The summed E-state index contributed by atoms with van der Waals surface area (Å²) in [6.45, 7) is 0. The largest absolute Gasteiger partial charge is 0.457 e. The van der Waals surface area contributed by atoms with Crippen molar-refractivity contribution in [3.8, 4) is 0 Å². The van der Waals surface area contributed by atoms with Crippen molar-refractivity contribution in [2.75, 3.05) is 0 Å². The molecule has 0 spiro atoms. The molecule has 0 aliphatic carbocycles. The molecule has 1 aromatic rings. The second-order valence-electron chi connectivity index (χ2n) is 4.65. The molecule has 0 unspecified atom stereocenters. The Hall–Kier alpha value is -1.43. The van der Waals surface area contributed by atoms with Crippen molar-refractivity contribution in [3.63, 3.8) is 0 Å². The lowest BCUT2D eigenvalue weighted by Gasteiger charge is -2.45. The summed E-state index contributed by atoms with van der Waals surface area (Å²) in [4.78, 5) is 11.3. The first-order chi connectivity index (χ1) is 8.66. The van der Waals surface area contributed by atoms with Gasteiger partial charge in [0.15, 0.2) is 6.10 Å². The summed E-state index contributed by atoms with van der Waals surface area (Å²) in [6.07, 6.45) is -4.08. The number of hydrogen-bond donors (Lipinski definition) is 2. The number of fused-ring (bicyclic) bond motifs is 2. The van der Waals surface area contributed by atoms with Crippen LogP contribution in [0.15, 0.2) is 30.3 Å². The first-order valence-corrected chi connectivity index (χ1v) is 5.93. The van der Waals surface area contributed by atoms with Crippen LogP contribution >= 0.6 is 0 Å². The van der Waals surface area contributed by atoms with Crippen LogP contribution in [0.1, 0.15) is 18.1 Å². The topological polar surface area (TPSA) is 76.0 Å². The SMILES string of the molecule is O=C1C[C@H]2O[C@H](c3ccccc3)[C@@H](O)[C@@H](O1)[C@@H]2O. The molecule has 5 heteroatoms. The summed E-state index contributed by atoms with van der Waals surface area (Å²) in [5.41, 5.74) is 0.810. The van der Waals surface area contributed by atoms with Gasteiger partial charge < -0.3 is 19.7 Å². The number of carbonyl (C=O) groups is 1. The lowest BCUT2D eigenvalue weighted by molar-refractivity contribution is -0.257. The number of rotatable bonds is 1. The Bertz CT molecular complexity index is 446. The van der Waals surface area contributed by atoms with Crippen LogP contribution in [0.2, 0.25) is 0 Å². The molecule has 0 saturated carbocycles. The number of carbonyl (C=O) groups excluding carboxylic acids is 1. The maximum absolute atomic E-state index is 11.3. The van der Waals surface area contributed by atoms with E-state index in [2.05, 4.69) is 0 Å². The van der Waals surface area contributed by atoms with Gasteiger partial charge in [-0.2, -0.15) is 0 Å². The van der Waals surface area contributed by atoms with E-state index in [-0.39, 0.29) is 6.42 Å². The molecule has 1 aromatic carbocycles. The van der Waals surface area contributed by atoms with Gasteiger partial charge in [-0.15, -0.1) is 0 Å². The van der Waals surface area contributed by atoms with Crippen molar-refractivity contribution in [1.29, 1.82) is 0 Å². The summed E-state index contributed by atoms with van der Waals surface area (Å²) in [7, 11) is 0. The highest BCUT2D eigenvalue weighted by Crippen LogP contribution is 2.37. The highest BCUT2D eigenvalue weighted by atomic mass is 16.6. The predicted molar refractivity (Wildman–Crippen MR) is 60.6 cm³/mol. The van der Waals surface area contributed by atoms with Gasteiger partial charge in [-0.05, 0) is 5.56 Å². The van der Waals surface area contributed by atoms with Crippen molar-refractivity contribution in [2.45, 2.75) is 36.9 Å². The molecular weight excluding hydrogens is 236 g/mol. The fourth-order valence-corrected chi connectivity index (χ4v) is 2.53. The first-order valence-electron chi connectivity index (χ1n) is 5.93. The van der Waals surface area contributed by atoms with Gasteiger partial charge in [-0.25, -0.2) is 0 Å². The molecule has 96 valence electrons. The van der Waals surface area contributed by atoms with Gasteiger partial charge >= 0.3 is 5.97 Å². The van der Waals surface area contributed by atoms with Gasteiger partial charge in [0.05, 0.1) is 12.5 Å². The third-order valence-electron chi connectivity index (χ3n) is 3.45. The van der Waals surface area contributed by atoms with E-state index in [9.17, 15) is 15.0 Å². The monoisotopic (exact) mass is 250 g/mol. The van der Waals surface area contributed by atoms with E-state index in [0.717, 1.165) is 5.56 Å². The minimum Gasteiger partial charge on any atom is -0.457 e. The second-order valence-corrected chi connectivity index (χ2v) is 4.65. The Kier molecular flexibility index (Phi) is 2.81. The minimum atomic E-state index is -1.05. The lowest BCUT2D eigenvalue weighted by Crippen LogP contribution is -2.59. The van der Waals surface area contributed by atoms with Crippen molar-refractivity contribution in [3.05, 3.63) is 35.9 Å². The smallest absolute Gasteiger partial charge is 0.308 e. The van der Waals surface area contributed by atoms with Crippen molar-refractivity contribution in [2.24, 2.45) is 0 Å². The van der Waals surface area contributed by atoms with E-state index in [1.807, 2.05) is 30.3 Å². The van der Waals surface area contributed by atoms with Crippen LogP contribution in [0.25, 0.3) is 0 Å². The molecule has 2 bridgehead atoms. The first kappa shape index (κ1) is 11.6. The summed E-state index contributed by atoms with van der Waals surface area (Å²) < 4.78 is 10.7. The molecule has 0 radical (unpaired) electrons. The van der Waals surface area contributed by atoms with Crippen LogP contribution in [-0.2, 0) is 14.3 Å². The van der Waals surface area contributed by atoms with Crippen LogP contribution in [0, 0.1) is 0 Å². The minimum absolute atomic E-state index is 0.0215. The van der Waals surface area contributed by atoms with Crippen LogP contribution in [0.3, 0.4) is 0 Å². The molecule has 2 saturated heterocycles. The van der Waals surface area contributed by atoms with E-state index in [4.69, 9.17) is 9.47 Å². The zero-order chi connectivity index (χ0) is 12.7. The van der Waals surface area contributed by atoms with E-state index in [0.29, 0.717) is 0 Å². The predicted octanol–water partition coefficient (Wildman–Crippen LogP) is 0.164. The Balaban J connectivity index is 1.89. The zero-order valence-electron chi connectivity index (χ0n) is 9.60. The Labute approximate surface area is 104 Å². The Morgan fingerprint density at radius 1 is 1.11 bits per heavy atom. The second kappa shape index (κ2) is 4.35. The molecule has 2 fully saturated rings. The molecule has 3 rings (SSSR count). The van der Waals surface area contributed by atoms with Crippen molar-refractivity contribution < 1.29 is 24.5 Å². The summed E-state index contributed by atoms with van der Waals surface area (Å²) in [5.74, 6) is -0.444. The molecule has 2 heterocycles. The third-order valence-corrected chi connectivity index (χ3v) is 3.45. The maximum Gasteiger partial charge on any atom is 0.308 e. The number of hydrogen-bond acceptors (Lipinski definition) is 5. The molecule has 2 N–H and O–H groups in total. The van der Waals surface area contributed by atoms with Gasteiger partial charge in [-0.3, -0.25) is 4.79 Å². The molecule has 5 nitrogen and oxygen atoms in total. The fraction of sp³-hybridized carbons (Fsp3) is 0.462. The molecule has 5 atom stereocenters. The fourth-order valence-electron chi connectivity index (χ4n) is 2.53. The molecule has 2 aliphatic rings. The normalized spacial score (nSPS) is 39.2. The number of ether oxygens (including phenoxy) is 2. The standard InChI is InChI=1S/C13H14O5/c14-9-6-8-10(15)13(18-9)11(16)12(17-8)7-4-2-1-3-5-7/h1-5,8,10-13,15-16H,6H2/t8-,10-,11-,12-,13+/m1/s1. The highest BCUT2D eigenvalue weighted by molar-refractivity contribution is 5.71. The number of aliphatic hydroxyl groups is 2. The van der Waals surface area contributed by atoms with Crippen molar-refractivity contribution in [1.82, 2.24) is 0 Å². The number of benzene rings is 1. The van der Waals surface area contributed by atoms with Crippen LogP contribution in [0.4, 0.5) is 0 Å². The van der Waals surface area contributed by atoms with E-state index in [1.165, 1.54) is 0 Å². The van der Waals surface area contributed by atoms with E-state index in [1.54, 1.807) is 0 Å². The average Bonchev–Trinajstić information content (AvgIpc) is 2.37. The van der Waals surface area contributed by atoms with E-state index < -0.39 is 36.5 Å². The van der Waals surface area contributed by atoms with Crippen LogP contribution < -0.4 is 0 Å². The molecular formula is C13H14O5. The number of esters is 1. The quantitative estimate of drug-likeness (QED) is 0.695. The van der Waals surface area contributed by atoms with Gasteiger partial charge in [0.2, 0.25) is 0 Å². The van der Waals surface area contributed by atoms with E-state index >= 15 is 0 Å². The van der Waals surface area contributed by atoms with Crippen LogP contribution in [-0.4, -0.2) is 40.6 Å². The Morgan fingerprint density at radius 3 is 2.56 bits per heavy atom. The van der Waals surface area contributed by atoms with Gasteiger partial charge in [0.1, 0.15) is 18.3 Å². The number of aliphatic hydroxyl groups excluding tert-OH is 2. The third kappa shape index (κ3) is 1.80. The molecule has 18 heavy (non-hydrogen) atoms. The maximum atomic E-state index is 11.3. The average molecular weight is 250 g/mol.